The molecule has 0 spiro atoms. The molecule has 0 aliphatic carbocycles. The lowest BCUT2D eigenvalue weighted by Gasteiger charge is -2.28. The fraction of sp³-hybridized carbons (Fsp3) is 0.286. The van der Waals surface area contributed by atoms with Gasteiger partial charge < -0.3 is 14.0 Å². The standard InChI is InChI=1S/C21H20FNO3S/c1-13-19(14(2)26-23-13)12-27-11-17-9-18(22)8-16-10-24-21(25-20(16)17)15-6-4-3-5-7-15/h3-9,21H,10-12H2,1-2H3/t21-/m1/s1. The van der Waals surface area contributed by atoms with Crippen LogP contribution in [0.5, 0.6) is 5.75 Å². The van der Waals surface area contributed by atoms with Crippen molar-refractivity contribution in [3.05, 3.63) is 82.0 Å². The van der Waals surface area contributed by atoms with Crippen LogP contribution in [0.25, 0.3) is 0 Å². The lowest BCUT2D eigenvalue weighted by molar-refractivity contribution is -0.112. The maximum atomic E-state index is 14.1. The van der Waals surface area contributed by atoms with Gasteiger partial charge in [0.25, 0.3) is 0 Å². The van der Waals surface area contributed by atoms with Gasteiger partial charge in [-0.15, -0.1) is 0 Å². The number of ether oxygens (including phenoxy) is 2. The summed E-state index contributed by atoms with van der Waals surface area (Å²) in [5.41, 5.74) is 4.52. The smallest absolute Gasteiger partial charge is 0.227 e. The van der Waals surface area contributed by atoms with Crippen LogP contribution in [0.2, 0.25) is 0 Å². The quantitative estimate of drug-likeness (QED) is 0.583. The molecule has 2 heterocycles. The molecular formula is C21H20FNO3S. The summed E-state index contributed by atoms with van der Waals surface area (Å²) in [5, 5.41) is 3.98. The van der Waals surface area contributed by atoms with Crippen molar-refractivity contribution >= 4 is 11.8 Å². The first-order chi connectivity index (χ1) is 13.1. The summed E-state index contributed by atoms with van der Waals surface area (Å²) in [5.74, 6) is 2.67. The fourth-order valence-corrected chi connectivity index (χ4v) is 4.28. The summed E-state index contributed by atoms with van der Waals surface area (Å²) in [6.07, 6.45) is -0.476. The van der Waals surface area contributed by atoms with E-state index in [1.165, 1.54) is 6.07 Å². The van der Waals surface area contributed by atoms with Gasteiger partial charge in [-0.25, -0.2) is 4.39 Å². The molecule has 4 nitrogen and oxygen atoms in total. The third kappa shape index (κ3) is 3.87. The Morgan fingerprint density at radius 3 is 2.70 bits per heavy atom. The first-order valence-electron chi connectivity index (χ1n) is 8.76. The molecule has 1 aliphatic heterocycles. The zero-order valence-corrected chi connectivity index (χ0v) is 16.0. The minimum atomic E-state index is -0.476. The van der Waals surface area contributed by atoms with E-state index in [1.807, 2.05) is 44.2 Å². The Bertz CT molecular complexity index is 923. The van der Waals surface area contributed by atoms with Crippen LogP contribution >= 0.6 is 11.8 Å². The molecule has 0 saturated heterocycles. The highest BCUT2D eigenvalue weighted by molar-refractivity contribution is 7.97. The minimum absolute atomic E-state index is 0.271. The molecular weight excluding hydrogens is 365 g/mol. The van der Waals surface area contributed by atoms with E-state index < -0.39 is 6.29 Å². The van der Waals surface area contributed by atoms with Crippen LogP contribution in [0.3, 0.4) is 0 Å². The van der Waals surface area contributed by atoms with Crippen molar-refractivity contribution in [1.29, 1.82) is 0 Å². The van der Waals surface area contributed by atoms with Crippen molar-refractivity contribution in [3.63, 3.8) is 0 Å². The van der Waals surface area contributed by atoms with Crippen molar-refractivity contribution in [3.8, 4) is 5.75 Å². The molecule has 27 heavy (non-hydrogen) atoms. The van der Waals surface area contributed by atoms with Gasteiger partial charge in [0.2, 0.25) is 6.29 Å². The lowest BCUT2D eigenvalue weighted by atomic mass is 10.1. The molecule has 1 atom stereocenters. The third-order valence-electron chi connectivity index (χ3n) is 4.58. The molecule has 3 aromatic rings. The van der Waals surface area contributed by atoms with Gasteiger partial charge in [-0.1, -0.05) is 35.5 Å². The first kappa shape index (κ1) is 18.1. The number of halogens is 1. The van der Waals surface area contributed by atoms with E-state index in [-0.39, 0.29) is 5.82 Å². The van der Waals surface area contributed by atoms with Gasteiger partial charge in [0.15, 0.2) is 0 Å². The predicted octanol–water partition coefficient (Wildman–Crippen LogP) is 5.47. The average Bonchev–Trinajstić information content (AvgIpc) is 3.00. The number of rotatable bonds is 5. The van der Waals surface area contributed by atoms with Gasteiger partial charge in [-0.3, -0.25) is 0 Å². The SMILES string of the molecule is Cc1noc(C)c1CSCc1cc(F)cc2c1O[C@H](c1ccccc1)OC2. The van der Waals surface area contributed by atoms with Gasteiger partial charge in [-0.05, 0) is 26.0 Å². The van der Waals surface area contributed by atoms with E-state index in [0.29, 0.717) is 12.4 Å². The number of aromatic nitrogens is 1. The molecule has 6 heteroatoms. The molecule has 0 amide bonds. The number of aryl methyl sites for hydroxylation is 2. The van der Waals surface area contributed by atoms with Crippen molar-refractivity contribution in [2.45, 2.75) is 38.3 Å². The van der Waals surface area contributed by atoms with E-state index >= 15 is 0 Å². The van der Waals surface area contributed by atoms with Gasteiger partial charge in [-0.2, -0.15) is 11.8 Å². The number of fused-ring (bicyclic) bond motifs is 1. The van der Waals surface area contributed by atoms with Crippen LogP contribution in [0.4, 0.5) is 4.39 Å². The summed E-state index contributed by atoms with van der Waals surface area (Å²) in [6.45, 7) is 4.17. The molecule has 0 saturated carbocycles. The minimum Gasteiger partial charge on any atom is -0.460 e. The second-order valence-corrected chi connectivity index (χ2v) is 7.51. The first-order valence-corrected chi connectivity index (χ1v) is 9.91. The van der Waals surface area contributed by atoms with Crippen LogP contribution < -0.4 is 4.74 Å². The molecule has 1 aliphatic rings. The van der Waals surface area contributed by atoms with Crippen molar-refractivity contribution in [2.24, 2.45) is 0 Å². The number of hydrogen-bond donors (Lipinski definition) is 0. The second kappa shape index (κ2) is 7.74. The van der Waals surface area contributed by atoms with Crippen LogP contribution in [0.1, 0.15) is 40.0 Å². The summed E-state index contributed by atoms with van der Waals surface area (Å²) in [6, 6.07) is 12.8. The monoisotopic (exact) mass is 385 g/mol. The largest absolute Gasteiger partial charge is 0.460 e. The molecule has 2 aromatic carbocycles. The molecule has 0 bridgehead atoms. The Labute approximate surface area is 161 Å². The Morgan fingerprint density at radius 2 is 1.96 bits per heavy atom. The van der Waals surface area contributed by atoms with Crippen molar-refractivity contribution < 1.29 is 18.4 Å². The predicted molar refractivity (Wildman–Crippen MR) is 102 cm³/mol. The van der Waals surface area contributed by atoms with Gasteiger partial charge in [0.1, 0.15) is 17.3 Å². The van der Waals surface area contributed by atoms with E-state index in [2.05, 4.69) is 5.16 Å². The Kier molecular flexibility index (Phi) is 5.18. The molecule has 4 rings (SSSR count). The van der Waals surface area contributed by atoms with Crippen molar-refractivity contribution in [1.82, 2.24) is 5.16 Å². The van der Waals surface area contributed by atoms with Crippen LogP contribution in [-0.2, 0) is 22.8 Å². The number of nitrogens with zero attached hydrogens (tertiary/aromatic N) is 1. The highest BCUT2D eigenvalue weighted by Crippen LogP contribution is 2.38. The highest BCUT2D eigenvalue weighted by atomic mass is 32.2. The number of benzene rings is 2. The molecule has 0 fully saturated rings. The van der Waals surface area contributed by atoms with Crippen LogP contribution in [-0.4, -0.2) is 5.16 Å². The van der Waals surface area contributed by atoms with Gasteiger partial charge >= 0.3 is 0 Å². The third-order valence-corrected chi connectivity index (χ3v) is 5.59. The van der Waals surface area contributed by atoms with E-state index in [0.717, 1.165) is 45.2 Å². The zero-order chi connectivity index (χ0) is 18.8. The average molecular weight is 385 g/mol. The topological polar surface area (TPSA) is 44.5 Å². The molecule has 1 aromatic heterocycles. The number of thioether (sulfide) groups is 1. The number of hydrogen-bond acceptors (Lipinski definition) is 5. The van der Waals surface area contributed by atoms with Gasteiger partial charge in [0.05, 0.1) is 12.3 Å². The van der Waals surface area contributed by atoms with Crippen LogP contribution in [0.15, 0.2) is 47.0 Å². The summed E-state index contributed by atoms with van der Waals surface area (Å²) in [4.78, 5) is 0. The fourth-order valence-electron chi connectivity index (χ4n) is 3.13. The lowest BCUT2D eigenvalue weighted by Crippen LogP contribution is -2.19. The summed E-state index contributed by atoms with van der Waals surface area (Å²) >= 11 is 1.68. The Hall–Kier alpha value is -2.31. The molecule has 140 valence electrons. The maximum Gasteiger partial charge on any atom is 0.227 e. The molecule has 0 radical (unpaired) electrons. The van der Waals surface area contributed by atoms with Crippen LogP contribution in [0, 0.1) is 19.7 Å². The second-order valence-electron chi connectivity index (χ2n) is 6.52. The van der Waals surface area contributed by atoms with E-state index in [4.69, 9.17) is 14.0 Å². The maximum absolute atomic E-state index is 14.1. The highest BCUT2D eigenvalue weighted by Gasteiger charge is 2.25. The molecule has 0 unspecified atom stereocenters. The van der Waals surface area contributed by atoms with Gasteiger partial charge in [0, 0.05) is 33.8 Å². The normalized spacial score (nSPS) is 16.0. The Morgan fingerprint density at radius 1 is 1.15 bits per heavy atom. The Balaban J connectivity index is 1.53. The summed E-state index contributed by atoms with van der Waals surface area (Å²) in [7, 11) is 0. The van der Waals surface area contributed by atoms with E-state index in [9.17, 15) is 4.39 Å². The molecule has 0 N–H and O–H groups in total. The van der Waals surface area contributed by atoms with E-state index in [1.54, 1.807) is 17.8 Å². The van der Waals surface area contributed by atoms with Crippen molar-refractivity contribution in [2.75, 3.05) is 0 Å². The summed E-state index contributed by atoms with van der Waals surface area (Å²) < 4.78 is 31.2. The zero-order valence-electron chi connectivity index (χ0n) is 15.2.